The van der Waals surface area contributed by atoms with Crippen LogP contribution in [0.3, 0.4) is 0 Å². The second-order valence-corrected chi connectivity index (χ2v) is 7.98. The number of ether oxygens (including phenoxy) is 1. The van der Waals surface area contributed by atoms with E-state index >= 15 is 0 Å². The minimum Gasteiger partial charge on any atom is -0.461 e. The molecule has 1 atom stereocenters. The van der Waals surface area contributed by atoms with Crippen molar-refractivity contribution in [1.29, 1.82) is 0 Å². The molecule has 160 valence electrons. The molecule has 1 aliphatic rings. The number of halogens is 1. The van der Waals surface area contributed by atoms with E-state index in [0.29, 0.717) is 21.7 Å². The Bertz CT molecular complexity index is 1200. The molecule has 1 aromatic heterocycles. The van der Waals surface area contributed by atoms with E-state index in [9.17, 15) is 14.4 Å². The number of carbonyl (C=O) groups is 2. The third kappa shape index (κ3) is 4.88. The molecule has 0 radical (unpaired) electrons. The van der Waals surface area contributed by atoms with Crippen LogP contribution in [-0.4, -0.2) is 12.0 Å². The van der Waals surface area contributed by atoms with E-state index in [-0.39, 0.29) is 13.0 Å². The van der Waals surface area contributed by atoms with Gasteiger partial charge < -0.3 is 20.2 Å². The first kappa shape index (κ1) is 20.9. The molecule has 31 heavy (non-hydrogen) atoms. The standard InChI is InChI=1S/C23H21ClN2O5/c24-17-6-4-13(5-7-17)19(26-23(25)29)11-21(27)30-12-16-10-22(28)31-20-9-15-3-1-2-14(15)8-18(16)20/h4-10,19H,1-3,11-12H2,(H3,25,26,29). The number of esters is 1. The molecular formula is C23H21ClN2O5. The minimum atomic E-state index is -0.756. The summed E-state index contributed by atoms with van der Waals surface area (Å²) in [5.41, 5.74) is 8.92. The zero-order chi connectivity index (χ0) is 22.0. The average Bonchev–Trinajstić information content (AvgIpc) is 3.17. The summed E-state index contributed by atoms with van der Waals surface area (Å²) in [6, 6.07) is 10.6. The second-order valence-electron chi connectivity index (χ2n) is 7.54. The fourth-order valence-electron chi connectivity index (χ4n) is 3.92. The van der Waals surface area contributed by atoms with Crippen LogP contribution in [0, 0.1) is 0 Å². The maximum atomic E-state index is 12.5. The number of rotatable bonds is 6. The fraction of sp³-hybridized carbons (Fsp3) is 0.261. The molecule has 2 amide bonds. The molecule has 3 N–H and O–H groups in total. The highest BCUT2D eigenvalue weighted by Gasteiger charge is 2.20. The number of urea groups is 1. The Hall–Kier alpha value is -3.32. The quantitative estimate of drug-likeness (QED) is 0.447. The number of nitrogens with one attached hydrogen (secondary N) is 1. The number of nitrogens with two attached hydrogens (primary N) is 1. The maximum absolute atomic E-state index is 12.5. The van der Waals surface area contributed by atoms with Gasteiger partial charge in [-0.3, -0.25) is 4.79 Å². The summed E-state index contributed by atoms with van der Waals surface area (Å²) in [6.07, 6.45) is 2.89. The van der Waals surface area contributed by atoms with Gasteiger partial charge in [-0.15, -0.1) is 0 Å². The molecule has 1 heterocycles. The lowest BCUT2D eigenvalue weighted by Gasteiger charge is -2.17. The first-order chi connectivity index (χ1) is 14.9. The van der Waals surface area contributed by atoms with E-state index in [0.717, 1.165) is 24.6 Å². The number of primary amides is 1. The van der Waals surface area contributed by atoms with Gasteiger partial charge in [0.1, 0.15) is 12.2 Å². The van der Waals surface area contributed by atoms with E-state index < -0.39 is 23.7 Å². The van der Waals surface area contributed by atoms with Crippen LogP contribution in [0.5, 0.6) is 0 Å². The fourth-order valence-corrected chi connectivity index (χ4v) is 4.04. The lowest BCUT2D eigenvalue weighted by Crippen LogP contribution is -2.34. The van der Waals surface area contributed by atoms with Crippen LogP contribution >= 0.6 is 11.6 Å². The Morgan fingerprint density at radius 3 is 2.55 bits per heavy atom. The minimum absolute atomic E-state index is 0.0797. The number of hydrogen-bond acceptors (Lipinski definition) is 5. The van der Waals surface area contributed by atoms with Crippen LogP contribution in [0.1, 0.15) is 41.1 Å². The van der Waals surface area contributed by atoms with E-state index in [1.54, 1.807) is 24.3 Å². The molecule has 0 spiro atoms. The predicted octanol–water partition coefficient (Wildman–Crippen LogP) is 3.78. The van der Waals surface area contributed by atoms with E-state index in [2.05, 4.69) is 5.32 Å². The summed E-state index contributed by atoms with van der Waals surface area (Å²) in [7, 11) is 0. The van der Waals surface area contributed by atoms with Crippen molar-refractivity contribution in [2.24, 2.45) is 5.73 Å². The molecule has 4 rings (SSSR count). The number of benzene rings is 2. The van der Waals surface area contributed by atoms with Crippen molar-refractivity contribution in [3.05, 3.63) is 80.2 Å². The molecule has 2 aromatic carbocycles. The van der Waals surface area contributed by atoms with Gasteiger partial charge in [-0.2, -0.15) is 0 Å². The van der Waals surface area contributed by atoms with Crippen molar-refractivity contribution in [2.45, 2.75) is 38.3 Å². The van der Waals surface area contributed by atoms with Crippen molar-refractivity contribution >= 4 is 34.6 Å². The van der Waals surface area contributed by atoms with Crippen molar-refractivity contribution in [2.75, 3.05) is 0 Å². The third-order valence-corrected chi connectivity index (χ3v) is 5.64. The van der Waals surface area contributed by atoms with Gasteiger partial charge >= 0.3 is 17.6 Å². The lowest BCUT2D eigenvalue weighted by atomic mass is 10.0. The van der Waals surface area contributed by atoms with Crippen LogP contribution in [0.15, 0.2) is 51.7 Å². The summed E-state index contributed by atoms with van der Waals surface area (Å²) < 4.78 is 10.8. The van der Waals surface area contributed by atoms with Gasteiger partial charge in [0, 0.05) is 22.0 Å². The zero-order valence-corrected chi connectivity index (χ0v) is 17.4. The van der Waals surface area contributed by atoms with Gasteiger partial charge in [-0.25, -0.2) is 9.59 Å². The Kier molecular flexibility index (Phi) is 5.95. The zero-order valence-electron chi connectivity index (χ0n) is 16.7. The summed E-state index contributed by atoms with van der Waals surface area (Å²) in [4.78, 5) is 35.9. The molecule has 0 fully saturated rings. The highest BCUT2D eigenvalue weighted by molar-refractivity contribution is 6.30. The van der Waals surface area contributed by atoms with E-state index in [4.69, 9.17) is 26.5 Å². The Morgan fingerprint density at radius 1 is 1.13 bits per heavy atom. The van der Waals surface area contributed by atoms with Gasteiger partial charge in [0.15, 0.2) is 0 Å². The normalized spacial score (nSPS) is 13.6. The third-order valence-electron chi connectivity index (χ3n) is 5.39. The topological polar surface area (TPSA) is 112 Å². The number of aryl methyl sites for hydroxylation is 2. The molecule has 8 heteroatoms. The van der Waals surface area contributed by atoms with Crippen molar-refractivity contribution in [3.63, 3.8) is 0 Å². The van der Waals surface area contributed by atoms with Gasteiger partial charge in [0.2, 0.25) is 0 Å². The molecule has 0 saturated carbocycles. The molecule has 0 saturated heterocycles. The molecule has 1 aliphatic carbocycles. The molecular weight excluding hydrogens is 420 g/mol. The van der Waals surface area contributed by atoms with Crippen LogP contribution in [0.2, 0.25) is 5.02 Å². The molecule has 3 aromatic rings. The van der Waals surface area contributed by atoms with Crippen molar-refractivity contribution in [3.8, 4) is 0 Å². The second kappa shape index (κ2) is 8.81. The van der Waals surface area contributed by atoms with Crippen molar-refractivity contribution < 1.29 is 18.7 Å². The summed E-state index contributed by atoms with van der Waals surface area (Å²) in [6.45, 7) is -0.0797. The number of fused-ring (bicyclic) bond motifs is 2. The molecule has 0 bridgehead atoms. The first-order valence-corrected chi connectivity index (χ1v) is 10.3. The van der Waals surface area contributed by atoms with Gasteiger partial charge in [-0.05, 0) is 60.2 Å². The number of hydrogen-bond donors (Lipinski definition) is 2. The smallest absolute Gasteiger partial charge is 0.336 e. The van der Waals surface area contributed by atoms with Gasteiger partial charge in [0.25, 0.3) is 0 Å². The highest BCUT2D eigenvalue weighted by Crippen LogP contribution is 2.29. The maximum Gasteiger partial charge on any atom is 0.336 e. The summed E-state index contributed by atoms with van der Waals surface area (Å²) in [5, 5.41) is 3.84. The SMILES string of the molecule is NC(=O)NC(CC(=O)OCc1cc(=O)oc2cc3c(cc12)CCC3)c1ccc(Cl)cc1. The van der Waals surface area contributed by atoms with E-state index in [1.807, 2.05) is 12.1 Å². The first-order valence-electron chi connectivity index (χ1n) is 9.94. The molecule has 0 aliphatic heterocycles. The van der Waals surface area contributed by atoms with E-state index in [1.165, 1.54) is 17.2 Å². The average molecular weight is 441 g/mol. The van der Waals surface area contributed by atoms with Gasteiger partial charge in [0.05, 0.1) is 12.5 Å². The van der Waals surface area contributed by atoms with Crippen LogP contribution in [0.25, 0.3) is 11.0 Å². The van der Waals surface area contributed by atoms with Gasteiger partial charge in [-0.1, -0.05) is 23.7 Å². The summed E-state index contributed by atoms with van der Waals surface area (Å²) in [5.74, 6) is -0.545. The monoisotopic (exact) mass is 440 g/mol. The van der Waals surface area contributed by atoms with Crippen LogP contribution in [-0.2, 0) is 29.0 Å². The molecule has 7 nitrogen and oxygen atoms in total. The lowest BCUT2D eigenvalue weighted by molar-refractivity contribution is -0.145. The van der Waals surface area contributed by atoms with Crippen LogP contribution < -0.4 is 16.7 Å². The van der Waals surface area contributed by atoms with Crippen molar-refractivity contribution in [1.82, 2.24) is 5.32 Å². The Balaban J connectivity index is 1.51. The Morgan fingerprint density at radius 2 is 1.84 bits per heavy atom. The largest absolute Gasteiger partial charge is 0.461 e. The summed E-state index contributed by atoms with van der Waals surface area (Å²) >= 11 is 5.90. The Labute approximate surface area is 183 Å². The number of carbonyl (C=O) groups excluding carboxylic acids is 2. The predicted molar refractivity (Wildman–Crippen MR) is 116 cm³/mol. The molecule has 1 unspecified atom stereocenters. The highest BCUT2D eigenvalue weighted by atomic mass is 35.5. The van der Waals surface area contributed by atoms with Crippen LogP contribution in [0.4, 0.5) is 4.79 Å². The number of amides is 2.